The molecule has 4 rings (SSSR count). The number of unbranched alkanes of at least 4 members (excludes halogenated alkanes) is 1. The summed E-state index contributed by atoms with van der Waals surface area (Å²) in [6.45, 7) is 5.42. The second-order valence-corrected chi connectivity index (χ2v) is 9.09. The maximum Gasteiger partial charge on any atom is 0.261 e. The summed E-state index contributed by atoms with van der Waals surface area (Å²) < 4.78 is 1.62. The molecular formula is C31H30N4O2. The molecule has 6 heteroatoms. The highest BCUT2D eigenvalue weighted by atomic mass is 16.1. The number of amides is 1. The molecule has 1 aromatic heterocycles. The highest BCUT2D eigenvalue weighted by Crippen LogP contribution is 2.25. The number of rotatable bonds is 8. The SMILES string of the molecule is CCCCc1nc(C)n(-c2cccc(NC(C)=O)c2)c(=O)c1Cc1ccc(-c2ccccc2C#N)cc1. The zero-order chi connectivity index (χ0) is 26.4. The van der Waals surface area contributed by atoms with Crippen LogP contribution in [0.25, 0.3) is 16.8 Å². The lowest BCUT2D eigenvalue weighted by Gasteiger charge is -2.16. The van der Waals surface area contributed by atoms with Crippen LogP contribution < -0.4 is 10.9 Å². The van der Waals surface area contributed by atoms with Crippen molar-refractivity contribution in [1.29, 1.82) is 5.26 Å². The normalized spacial score (nSPS) is 10.6. The second kappa shape index (κ2) is 11.5. The van der Waals surface area contributed by atoms with Crippen LogP contribution in [-0.4, -0.2) is 15.5 Å². The lowest BCUT2D eigenvalue weighted by molar-refractivity contribution is -0.114. The number of carbonyl (C=O) groups is 1. The van der Waals surface area contributed by atoms with Crippen LogP contribution in [0, 0.1) is 18.3 Å². The molecule has 186 valence electrons. The third kappa shape index (κ3) is 5.84. The summed E-state index contributed by atoms with van der Waals surface area (Å²) in [6.07, 6.45) is 3.15. The minimum absolute atomic E-state index is 0.0996. The van der Waals surface area contributed by atoms with Crippen LogP contribution in [0.5, 0.6) is 0 Å². The number of aromatic nitrogens is 2. The number of benzene rings is 3. The van der Waals surface area contributed by atoms with Gasteiger partial charge in [0.05, 0.1) is 23.0 Å². The predicted molar refractivity (Wildman–Crippen MR) is 147 cm³/mol. The first-order chi connectivity index (χ1) is 17.9. The second-order valence-electron chi connectivity index (χ2n) is 9.09. The molecule has 1 heterocycles. The Morgan fingerprint density at radius 1 is 1.05 bits per heavy atom. The Hall–Kier alpha value is -4.50. The van der Waals surface area contributed by atoms with Gasteiger partial charge in [0.15, 0.2) is 0 Å². The highest BCUT2D eigenvalue weighted by molar-refractivity contribution is 5.88. The third-order valence-electron chi connectivity index (χ3n) is 6.32. The fraction of sp³-hybridized carbons (Fsp3) is 0.226. The summed E-state index contributed by atoms with van der Waals surface area (Å²) in [5, 5.41) is 12.2. The lowest BCUT2D eigenvalue weighted by atomic mass is 9.96. The first-order valence-electron chi connectivity index (χ1n) is 12.5. The van der Waals surface area contributed by atoms with Gasteiger partial charge in [-0.3, -0.25) is 14.2 Å². The van der Waals surface area contributed by atoms with E-state index in [0.29, 0.717) is 34.7 Å². The summed E-state index contributed by atoms with van der Waals surface area (Å²) in [5.74, 6) is 0.444. The molecule has 0 atom stereocenters. The third-order valence-corrected chi connectivity index (χ3v) is 6.32. The van der Waals surface area contributed by atoms with Crippen molar-refractivity contribution >= 4 is 11.6 Å². The molecule has 0 aliphatic carbocycles. The predicted octanol–water partition coefficient (Wildman–Crippen LogP) is 5.97. The van der Waals surface area contributed by atoms with Gasteiger partial charge in [-0.15, -0.1) is 0 Å². The van der Waals surface area contributed by atoms with Gasteiger partial charge in [-0.2, -0.15) is 5.26 Å². The van der Waals surface area contributed by atoms with E-state index in [1.54, 1.807) is 16.7 Å². The van der Waals surface area contributed by atoms with Crippen LogP contribution in [0.4, 0.5) is 5.69 Å². The maximum atomic E-state index is 13.9. The lowest BCUT2D eigenvalue weighted by Crippen LogP contribution is -2.28. The Bertz CT molecular complexity index is 1530. The van der Waals surface area contributed by atoms with Gasteiger partial charge in [0.1, 0.15) is 5.82 Å². The Balaban J connectivity index is 1.74. The zero-order valence-corrected chi connectivity index (χ0v) is 21.4. The van der Waals surface area contributed by atoms with E-state index in [1.165, 1.54) is 6.92 Å². The maximum absolute atomic E-state index is 13.9. The molecule has 37 heavy (non-hydrogen) atoms. The van der Waals surface area contributed by atoms with Gasteiger partial charge in [-0.05, 0) is 60.7 Å². The summed E-state index contributed by atoms with van der Waals surface area (Å²) in [5.41, 5.74) is 6.17. The Morgan fingerprint density at radius 2 is 1.81 bits per heavy atom. The summed E-state index contributed by atoms with van der Waals surface area (Å²) in [7, 11) is 0. The molecule has 0 bridgehead atoms. The molecule has 4 aromatic rings. The van der Waals surface area contributed by atoms with Crippen molar-refractivity contribution in [3.05, 3.63) is 111 Å². The van der Waals surface area contributed by atoms with Gasteiger partial charge >= 0.3 is 0 Å². The van der Waals surface area contributed by atoms with E-state index in [2.05, 4.69) is 18.3 Å². The van der Waals surface area contributed by atoms with Gasteiger partial charge in [-0.25, -0.2) is 4.98 Å². The molecule has 1 amide bonds. The monoisotopic (exact) mass is 490 g/mol. The molecule has 1 N–H and O–H groups in total. The average Bonchev–Trinajstić information content (AvgIpc) is 2.89. The summed E-state index contributed by atoms with van der Waals surface area (Å²) in [4.78, 5) is 30.3. The van der Waals surface area contributed by atoms with Crippen LogP contribution in [0.3, 0.4) is 0 Å². The number of hydrogen-bond donors (Lipinski definition) is 1. The Labute approximate surface area is 217 Å². The number of nitrogens with zero attached hydrogens (tertiary/aromatic N) is 3. The molecule has 0 saturated heterocycles. The number of nitriles is 1. The van der Waals surface area contributed by atoms with Crippen LogP contribution in [0.15, 0.2) is 77.6 Å². The van der Waals surface area contributed by atoms with Gasteiger partial charge in [-0.1, -0.05) is 61.9 Å². The zero-order valence-electron chi connectivity index (χ0n) is 21.4. The molecule has 0 unspecified atom stereocenters. The first kappa shape index (κ1) is 25.6. The van der Waals surface area contributed by atoms with E-state index in [-0.39, 0.29) is 11.5 Å². The molecular weight excluding hydrogens is 460 g/mol. The van der Waals surface area contributed by atoms with Crippen molar-refractivity contribution < 1.29 is 4.79 Å². The average molecular weight is 491 g/mol. The Morgan fingerprint density at radius 3 is 2.51 bits per heavy atom. The number of aryl methyl sites for hydroxylation is 2. The molecule has 0 radical (unpaired) electrons. The smallest absolute Gasteiger partial charge is 0.261 e. The number of anilines is 1. The van der Waals surface area contributed by atoms with E-state index in [0.717, 1.165) is 41.6 Å². The van der Waals surface area contributed by atoms with Crippen LogP contribution in [0.2, 0.25) is 0 Å². The summed E-state index contributed by atoms with van der Waals surface area (Å²) >= 11 is 0. The molecule has 0 fully saturated rings. The van der Waals surface area contributed by atoms with E-state index >= 15 is 0 Å². The van der Waals surface area contributed by atoms with Crippen LogP contribution in [0.1, 0.15) is 54.9 Å². The topological polar surface area (TPSA) is 87.8 Å². The fourth-order valence-electron chi connectivity index (χ4n) is 4.52. The van der Waals surface area contributed by atoms with E-state index in [9.17, 15) is 14.9 Å². The van der Waals surface area contributed by atoms with Gasteiger partial charge in [0, 0.05) is 24.6 Å². The van der Waals surface area contributed by atoms with Gasteiger partial charge < -0.3 is 5.32 Å². The number of nitrogens with one attached hydrogen (secondary N) is 1. The minimum atomic E-state index is -0.171. The highest BCUT2D eigenvalue weighted by Gasteiger charge is 2.17. The molecule has 0 aliphatic heterocycles. The molecule has 0 aliphatic rings. The van der Waals surface area contributed by atoms with Crippen molar-refractivity contribution in [1.82, 2.24) is 9.55 Å². The van der Waals surface area contributed by atoms with Crippen molar-refractivity contribution in [3.8, 4) is 22.9 Å². The molecule has 3 aromatic carbocycles. The quantitative estimate of drug-likeness (QED) is 0.330. The largest absolute Gasteiger partial charge is 0.326 e. The molecule has 6 nitrogen and oxygen atoms in total. The van der Waals surface area contributed by atoms with E-state index in [4.69, 9.17) is 4.98 Å². The minimum Gasteiger partial charge on any atom is -0.326 e. The van der Waals surface area contributed by atoms with Crippen LogP contribution in [-0.2, 0) is 17.6 Å². The van der Waals surface area contributed by atoms with Crippen molar-refractivity contribution in [3.63, 3.8) is 0 Å². The molecule has 0 spiro atoms. The molecule has 0 saturated carbocycles. The van der Waals surface area contributed by atoms with Crippen molar-refractivity contribution in [2.24, 2.45) is 0 Å². The first-order valence-corrected chi connectivity index (χ1v) is 12.5. The van der Waals surface area contributed by atoms with E-state index < -0.39 is 0 Å². The van der Waals surface area contributed by atoms with Gasteiger partial charge in [0.2, 0.25) is 5.91 Å². The van der Waals surface area contributed by atoms with Gasteiger partial charge in [0.25, 0.3) is 5.56 Å². The number of hydrogen-bond acceptors (Lipinski definition) is 4. The van der Waals surface area contributed by atoms with Crippen LogP contribution >= 0.6 is 0 Å². The summed E-state index contributed by atoms with van der Waals surface area (Å²) in [6, 6.07) is 25.0. The fourth-order valence-corrected chi connectivity index (χ4v) is 4.52. The number of carbonyl (C=O) groups excluding carboxylic acids is 1. The van der Waals surface area contributed by atoms with Crippen molar-refractivity contribution in [2.75, 3.05) is 5.32 Å². The standard InChI is InChI=1S/C31H30N4O2/c1-4-5-13-30-29(18-23-14-16-24(17-15-23)28-12-7-6-9-25(28)20-32)31(37)35(21(2)33-30)27-11-8-10-26(19-27)34-22(3)36/h6-12,14-17,19H,4-5,13,18H2,1-3H3,(H,34,36). The van der Waals surface area contributed by atoms with E-state index in [1.807, 2.05) is 67.6 Å². The van der Waals surface area contributed by atoms with Crippen molar-refractivity contribution in [2.45, 2.75) is 46.5 Å². The Kier molecular flexibility index (Phi) is 7.95.